The third-order valence-electron chi connectivity index (χ3n) is 5.45. The standard InChI is InChI=1S/C19H27N3O3/c1-20-10-12-22(13-11-20)19(24)16-8-9-17(23)21(2)18(16)14-4-6-15(25-3)7-5-14/h4-7,16,18H,8-13H2,1-3H3/t16-,18-/m0/s1. The highest BCUT2D eigenvalue weighted by atomic mass is 16.5. The summed E-state index contributed by atoms with van der Waals surface area (Å²) in [5.41, 5.74) is 0.990. The molecule has 25 heavy (non-hydrogen) atoms. The van der Waals surface area contributed by atoms with Crippen LogP contribution in [0.2, 0.25) is 0 Å². The minimum absolute atomic E-state index is 0.100. The number of likely N-dealkylation sites (N-methyl/N-ethyl adjacent to an activating group) is 1. The Morgan fingerprint density at radius 3 is 2.32 bits per heavy atom. The molecule has 2 aliphatic rings. The number of carbonyl (C=O) groups excluding carboxylic acids is 2. The van der Waals surface area contributed by atoms with E-state index in [9.17, 15) is 9.59 Å². The number of hydrogen-bond acceptors (Lipinski definition) is 4. The number of piperidine rings is 1. The van der Waals surface area contributed by atoms with Gasteiger partial charge in [0.1, 0.15) is 5.75 Å². The van der Waals surface area contributed by atoms with E-state index in [0.717, 1.165) is 37.5 Å². The molecule has 2 heterocycles. The SMILES string of the molecule is COc1ccc([C@H]2[C@@H](C(=O)N3CCN(C)CC3)CCC(=O)N2C)cc1. The van der Waals surface area contributed by atoms with Crippen LogP contribution in [0, 0.1) is 5.92 Å². The largest absolute Gasteiger partial charge is 0.497 e. The van der Waals surface area contributed by atoms with Crippen LogP contribution in [0.3, 0.4) is 0 Å². The molecule has 6 heteroatoms. The molecule has 2 amide bonds. The zero-order valence-corrected chi connectivity index (χ0v) is 15.3. The van der Waals surface area contributed by atoms with Gasteiger partial charge in [-0.25, -0.2) is 0 Å². The molecule has 136 valence electrons. The molecule has 1 aromatic rings. The zero-order chi connectivity index (χ0) is 18.0. The van der Waals surface area contributed by atoms with Gasteiger partial charge in [0.15, 0.2) is 0 Å². The van der Waals surface area contributed by atoms with E-state index in [0.29, 0.717) is 12.8 Å². The van der Waals surface area contributed by atoms with Crippen LogP contribution >= 0.6 is 0 Å². The summed E-state index contributed by atoms with van der Waals surface area (Å²) in [6.45, 7) is 3.33. The monoisotopic (exact) mass is 345 g/mol. The van der Waals surface area contributed by atoms with E-state index in [2.05, 4.69) is 11.9 Å². The number of hydrogen-bond donors (Lipinski definition) is 0. The molecule has 1 aromatic carbocycles. The molecule has 0 unspecified atom stereocenters. The van der Waals surface area contributed by atoms with Gasteiger partial charge in [-0.15, -0.1) is 0 Å². The van der Waals surface area contributed by atoms with Crippen molar-refractivity contribution in [3.8, 4) is 5.75 Å². The molecule has 0 N–H and O–H groups in total. The van der Waals surface area contributed by atoms with Crippen LogP contribution < -0.4 is 4.74 Å². The first kappa shape index (κ1) is 17.7. The fourth-order valence-electron chi connectivity index (χ4n) is 3.82. The number of likely N-dealkylation sites (tertiary alicyclic amines) is 1. The highest BCUT2D eigenvalue weighted by molar-refractivity contribution is 5.85. The number of piperazine rings is 1. The lowest BCUT2D eigenvalue weighted by molar-refractivity contribution is -0.147. The van der Waals surface area contributed by atoms with E-state index < -0.39 is 0 Å². The van der Waals surface area contributed by atoms with Gasteiger partial charge in [-0.05, 0) is 31.2 Å². The Morgan fingerprint density at radius 2 is 1.72 bits per heavy atom. The number of carbonyl (C=O) groups is 2. The van der Waals surface area contributed by atoms with Gasteiger partial charge in [-0.1, -0.05) is 12.1 Å². The number of benzene rings is 1. The van der Waals surface area contributed by atoms with Crippen molar-refractivity contribution in [3.05, 3.63) is 29.8 Å². The summed E-state index contributed by atoms with van der Waals surface area (Å²) in [6, 6.07) is 7.49. The minimum Gasteiger partial charge on any atom is -0.497 e. The lowest BCUT2D eigenvalue weighted by Gasteiger charge is -2.42. The Morgan fingerprint density at radius 1 is 1.08 bits per heavy atom. The first-order chi connectivity index (χ1) is 12.0. The van der Waals surface area contributed by atoms with Crippen LogP contribution in [-0.4, -0.2) is 73.9 Å². The Labute approximate surface area is 149 Å². The molecule has 0 bridgehead atoms. The second-order valence-corrected chi connectivity index (χ2v) is 7.00. The van der Waals surface area contributed by atoms with Crippen molar-refractivity contribution in [2.75, 3.05) is 47.4 Å². The molecule has 0 radical (unpaired) electrons. The van der Waals surface area contributed by atoms with Gasteiger partial charge in [0.25, 0.3) is 0 Å². The average molecular weight is 345 g/mol. The summed E-state index contributed by atoms with van der Waals surface area (Å²) in [6.07, 6.45) is 1.05. The lowest BCUT2D eigenvalue weighted by atomic mass is 9.83. The van der Waals surface area contributed by atoms with Gasteiger partial charge in [0.2, 0.25) is 11.8 Å². The molecule has 0 spiro atoms. The predicted molar refractivity (Wildman–Crippen MR) is 95.3 cm³/mol. The van der Waals surface area contributed by atoms with E-state index in [-0.39, 0.29) is 23.8 Å². The first-order valence-electron chi connectivity index (χ1n) is 8.88. The second kappa shape index (κ2) is 7.44. The van der Waals surface area contributed by atoms with Crippen LogP contribution in [0.1, 0.15) is 24.4 Å². The van der Waals surface area contributed by atoms with Crippen molar-refractivity contribution >= 4 is 11.8 Å². The Balaban J connectivity index is 1.84. The zero-order valence-electron chi connectivity index (χ0n) is 15.3. The van der Waals surface area contributed by atoms with E-state index in [1.54, 1.807) is 19.1 Å². The molecular weight excluding hydrogens is 318 g/mol. The highest BCUT2D eigenvalue weighted by Crippen LogP contribution is 2.37. The minimum atomic E-state index is -0.209. The number of methoxy groups -OCH3 is 1. The van der Waals surface area contributed by atoms with Crippen molar-refractivity contribution < 1.29 is 14.3 Å². The Bertz CT molecular complexity index is 623. The van der Waals surface area contributed by atoms with E-state index in [1.165, 1.54) is 0 Å². The second-order valence-electron chi connectivity index (χ2n) is 7.00. The smallest absolute Gasteiger partial charge is 0.228 e. The topological polar surface area (TPSA) is 53.1 Å². The van der Waals surface area contributed by atoms with Crippen LogP contribution in [-0.2, 0) is 9.59 Å². The number of rotatable bonds is 3. The third-order valence-corrected chi connectivity index (χ3v) is 5.45. The Kier molecular flexibility index (Phi) is 5.27. The van der Waals surface area contributed by atoms with Gasteiger partial charge in [-0.2, -0.15) is 0 Å². The van der Waals surface area contributed by atoms with Crippen molar-refractivity contribution in [2.45, 2.75) is 18.9 Å². The van der Waals surface area contributed by atoms with Crippen molar-refractivity contribution in [3.63, 3.8) is 0 Å². The van der Waals surface area contributed by atoms with Crippen LogP contribution in [0.4, 0.5) is 0 Å². The maximum absolute atomic E-state index is 13.2. The first-order valence-corrected chi connectivity index (χ1v) is 8.88. The van der Waals surface area contributed by atoms with E-state index in [4.69, 9.17) is 4.74 Å². The molecule has 0 saturated carbocycles. The molecule has 2 fully saturated rings. The summed E-state index contributed by atoms with van der Waals surface area (Å²) in [5.74, 6) is 0.867. The highest BCUT2D eigenvalue weighted by Gasteiger charge is 2.40. The van der Waals surface area contributed by atoms with Gasteiger partial charge >= 0.3 is 0 Å². The molecule has 2 atom stereocenters. The maximum Gasteiger partial charge on any atom is 0.228 e. The summed E-state index contributed by atoms with van der Waals surface area (Å²) >= 11 is 0. The summed E-state index contributed by atoms with van der Waals surface area (Å²) in [5, 5.41) is 0. The van der Waals surface area contributed by atoms with Gasteiger partial charge < -0.3 is 19.4 Å². The number of ether oxygens (including phenoxy) is 1. The van der Waals surface area contributed by atoms with Crippen molar-refractivity contribution in [1.82, 2.24) is 14.7 Å². The number of nitrogens with zero attached hydrogens (tertiary/aromatic N) is 3. The van der Waals surface area contributed by atoms with E-state index in [1.807, 2.05) is 29.2 Å². The Hall–Kier alpha value is -2.08. The normalized spacial score (nSPS) is 25.2. The summed E-state index contributed by atoms with van der Waals surface area (Å²) in [7, 11) is 5.51. The predicted octanol–water partition coefficient (Wildman–Crippen LogP) is 1.38. The maximum atomic E-state index is 13.2. The van der Waals surface area contributed by atoms with Crippen molar-refractivity contribution in [2.24, 2.45) is 5.92 Å². The quantitative estimate of drug-likeness (QED) is 0.830. The molecule has 3 rings (SSSR count). The molecule has 2 saturated heterocycles. The molecular formula is C19H27N3O3. The van der Waals surface area contributed by atoms with Crippen LogP contribution in [0.25, 0.3) is 0 Å². The van der Waals surface area contributed by atoms with Crippen molar-refractivity contribution in [1.29, 1.82) is 0 Å². The fourth-order valence-corrected chi connectivity index (χ4v) is 3.82. The summed E-state index contributed by atoms with van der Waals surface area (Å²) in [4.78, 5) is 31.4. The van der Waals surface area contributed by atoms with Crippen LogP contribution in [0.15, 0.2) is 24.3 Å². The number of amides is 2. The average Bonchev–Trinajstić information content (AvgIpc) is 2.64. The lowest BCUT2D eigenvalue weighted by Crippen LogP contribution is -2.52. The molecule has 0 aromatic heterocycles. The molecule has 0 aliphatic carbocycles. The third kappa shape index (κ3) is 3.63. The molecule has 6 nitrogen and oxygen atoms in total. The summed E-state index contributed by atoms with van der Waals surface area (Å²) < 4.78 is 5.22. The van der Waals surface area contributed by atoms with Gasteiger partial charge in [0.05, 0.1) is 19.1 Å². The fraction of sp³-hybridized carbons (Fsp3) is 0.579. The van der Waals surface area contributed by atoms with Crippen LogP contribution in [0.5, 0.6) is 5.75 Å². The molecule has 2 aliphatic heterocycles. The van der Waals surface area contributed by atoms with Gasteiger partial charge in [0, 0.05) is 39.6 Å². The van der Waals surface area contributed by atoms with E-state index >= 15 is 0 Å². The van der Waals surface area contributed by atoms with Gasteiger partial charge in [-0.3, -0.25) is 9.59 Å².